The molecule has 0 radical (unpaired) electrons. The number of rotatable bonds is 5. The van der Waals surface area contributed by atoms with Crippen molar-refractivity contribution in [3.8, 4) is 5.75 Å². The van der Waals surface area contributed by atoms with E-state index in [4.69, 9.17) is 9.47 Å². The minimum absolute atomic E-state index is 0.0819. The van der Waals surface area contributed by atoms with Crippen molar-refractivity contribution in [2.45, 2.75) is 20.3 Å². The Morgan fingerprint density at radius 1 is 1.41 bits per heavy atom. The molecule has 0 heterocycles. The fourth-order valence-electron chi connectivity index (χ4n) is 1.60. The summed E-state index contributed by atoms with van der Waals surface area (Å²) in [4.78, 5) is 22.3. The molecule has 0 spiro atoms. The van der Waals surface area contributed by atoms with E-state index in [1.165, 1.54) is 0 Å². The molecule has 0 unspecified atom stereocenters. The van der Waals surface area contributed by atoms with Gasteiger partial charge in [-0.1, -0.05) is 0 Å². The standard InChI is InChI=1S/C13H16O4/c1-4-17-13(15)7-10-6-12(16-3)9(2)5-11(10)8-14/h5-6,8H,4,7H2,1-3H3. The van der Waals surface area contributed by atoms with Gasteiger partial charge in [-0.2, -0.15) is 0 Å². The molecule has 0 aliphatic rings. The van der Waals surface area contributed by atoms with Crippen molar-refractivity contribution >= 4 is 12.3 Å². The molecule has 0 aliphatic heterocycles. The lowest BCUT2D eigenvalue weighted by atomic mass is 10.0. The lowest BCUT2D eigenvalue weighted by molar-refractivity contribution is -0.142. The SMILES string of the molecule is CCOC(=O)Cc1cc(OC)c(C)cc1C=O. The third-order valence-corrected chi connectivity index (χ3v) is 2.42. The summed E-state index contributed by atoms with van der Waals surface area (Å²) in [7, 11) is 1.55. The van der Waals surface area contributed by atoms with Gasteiger partial charge < -0.3 is 9.47 Å². The minimum Gasteiger partial charge on any atom is -0.496 e. The number of hydrogen-bond donors (Lipinski definition) is 0. The van der Waals surface area contributed by atoms with Crippen LogP contribution in [-0.4, -0.2) is 26.0 Å². The number of hydrogen-bond acceptors (Lipinski definition) is 4. The highest BCUT2D eigenvalue weighted by Crippen LogP contribution is 2.22. The van der Waals surface area contributed by atoms with Crippen LogP contribution in [0.1, 0.15) is 28.4 Å². The zero-order valence-electron chi connectivity index (χ0n) is 10.3. The van der Waals surface area contributed by atoms with Crippen molar-refractivity contribution in [3.63, 3.8) is 0 Å². The van der Waals surface area contributed by atoms with Crippen LogP contribution in [0.5, 0.6) is 5.75 Å². The molecule has 1 aromatic rings. The number of methoxy groups -OCH3 is 1. The van der Waals surface area contributed by atoms with Crippen molar-refractivity contribution < 1.29 is 19.1 Å². The van der Waals surface area contributed by atoms with Crippen LogP contribution in [0.15, 0.2) is 12.1 Å². The van der Waals surface area contributed by atoms with Gasteiger partial charge in [-0.05, 0) is 37.1 Å². The van der Waals surface area contributed by atoms with E-state index in [2.05, 4.69) is 0 Å². The van der Waals surface area contributed by atoms with Gasteiger partial charge in [0.2, 0.25) is 0 Å². The summed E-state index contributed by atoms with van der Waals surface area (Å²) in [5, 5.41) is 0. The van der Waals surface area contributed by atoms with E-state index in [-0.39, 0.29) is 12.4 Å². The van der Waals surface area contributed by atoms with Gasteiger partial charge in [-0.3, -0.25) is 9.59 Å². The van der Waals surface area contributed by atoms with Gasteiger partial charge in [0.1, 0.15) is 12.0 Å². The second-order valence-corrected chi connectivity index (χ2v) is 3.62. The van der Waals surface area contributed by atoms with Crippen LogP contribution < -0.4 is 4.74 Å². The quantitative estimate of drug-likeness (QED) is 0.579. The zero-order valence-corrected chi connectivity index (χ0v) is 10.3. The van der Waals surface area contributed by atoms with Crippen LogP contribution in [0.3, 0.4) is 0 Å². The monoisotopic (exact) mass is 236 g/mol. The van der Waals surface area contributed by atoms with E-state index in [9.17, 15) is 9.59 Å². The summed E-state index contributed by atoms with van der Waals surface area (Å²) >= 11 is 0. The van der Waals surface area contributed by atoms with E-state index >= 15 is 0 Å². The Kier molecular flexibility index (Phi) is 4.69. The molecule has 0 fully saturated rings. The van der Waals surface area contributed by atoms with Gasteiger partial charge in [-0.15, -0.1) is 0 Å². The Balaban J connectivity index is 3.04. The van der Waals surface area contributed by atoms with Crippen LogP contribution in [-0.2, 0) is 16.0 Å². The van der Waals surface area contributed by atoms with Crippen molar-refractivity contribution in [3.05, 3.63) is 28.8 Å². The molecule has 0 atom stereocenters. The van der Waals surface area contributed by atoms with Gasteiger partial charge >= 0.3 is 5.97 Å². The first-order chi connectivity index (χ1) is 8.12. The van der Waals surface area contributed by atoms with E-state index in [1.54, 1.807) is 26.2 Å². The van der Waals surface area contributed by atoms with Gasteiger partial charge in [0.15, 0.2) is 0 Å². The Bertz CT molecular complexity index is 424. The van der Waals surface area contributed by atoms with Gasteiger partial charge in [0, 0.05) is 5.56 Å². The minimum atomic E-state index is -0.346. The Morgan fingerprint density at radius 2 is 2.12 bits per heavy atom. The Hall–Kier alpha value is -1.84. The molecule has 1 aromatic carbocycles. The van der Waals surface area contributed by atoms with Crippen molar-refractivity contribution in [2.75, 3.05) is 13.7 Å². The average Bonchev–Trinajstić information content (AvgIpc) is 2.31. The molecule has 92 valence electrons. The van der Waals surface area contributed by atoms with Crippen LogP contribution in [0.25, 0.3) is 0 Å². The predicted molar refractivity (Wildman–Crippen MR) is 63.5 cm³/mol. The first-order valence-corrected chi connectivity index (χ1v) is 5.40. The third kappa shape index (κ3) is 3.31. The molecule has 4 nitrogen and oxygen atoms in total. The summed E-state index contributed by atoms with van der Waals surface area (Å²) in [6.07, 6.45) is 0.819. The normalized spacial score (nSPS) is 9.82. The summed E-state index contributed by atoms with van der Waals surface area (Å²) in [5.41, 5.74) is 1.99. The maximum atomic E-state index is 11.4. The first kappa shape index (κ1) is 13.2. The molecule has 0 amide bonds. The average molecular weight is 236 g/mol. The smallest absolute Gasteiger partial charge is 0.310 e. The molecule has 0 saturated heterocycles. The largest absolute Gasteiger partial charge is 0.496 e. The molecule has 0 aromatic heterocycles. The first-order valence-electron chi connectivity index (χ1n) is 5.40. The molecule has 0 bridgehead atoms. The van der Waals surface area contributed by atoms with Crippen LogP contribution >= 0.6 is 0 Å². The molecule has 0 aliphatic carbocycles. The Morgan fingerprint density at radius 3 is 2.65 bits per heavy atom. The zero-order chi connectivity index (χ0) is 12.8. The van der Waals surface area contributed by atoms with Crippen molar-refractivity contribution in [2.24, 2.45) is 0 Å². The highest BCUT2D eigenvalue weighted by atomic mass is 16.5. The lowest BCUT2D eigenvalue weighted by Gasteiger charge is -2.10. The van der Waals surface area contributed by atoms with Crippen molar-refractivity contribution in [1.82, 2.24) is 0 Å². The summed E-state index contributed by atoms with van der Waals surface area (Å²) in [6.45, 7) is 3.92. The second kappa shape index (κ2) is 6.03. The molecular formula is C13H16O4. The number of carbonyl (C=O) groups excluding carboxylic acids is 2. The Labute approximate surface area is 101 Å². The lowest BCUT2D eigenvalue weighted by Crippen LogP contribution is -2.09. The molecule has 4 heteroatoms. The van der Waals surface area contributed by atoms with Crippen LogP contribution in [0.4, 0.5) is 0 Å². The number of ether oxygens (including phenoxy) is 2. The number of aldehydes is 1. The fourth-order valence-corrected chi connectivity index (χ4v) is 1.60. The predicted octanol–water partition coefficient (Wildman–Crippen LogP) is 1.92. The summed E-state index contributed by atoms with van der Waals surface area (Å²) in [5.74, 6) is 0.316. The molecule has 0 N–H and O–H groups in total. The molecule has 17 heavy (non-hydrogen) atoms. The number of carbonyl (C=O) groups is 2. The number of benzene rings is 1. The van der Waals surface area contributed by atoms with E-state index in [0.717, 1.165) is 11.8 Å². The van der Waals surface area contributed by atoms with Gasteiger partial charge in [-0.25, -0.2) is 0 Å². The topological polar surface area (TPSA) is 52.6 Å². The van der Waals surface area contributed by atoms with E-state index in [0.29, 0.717) is 23.5 Å². The van der Waals surface area contributed by atoms with Crippen molar-refractivity contribution in [1.29, 1.82) is 0 Å². The highest BCUT2D eigenvalue weighted by molar-refractivity contribution is 5.82. The maximum Gasteiger partial charge on any atom is 0.310 e. The molecule has 1 rings (SSSR count). The van der Waals surface area contributed by atoms with Crippen LogP contribution in [0, 0.1) is 6.92 Å². The molecule has 0 saturated carbocycles. The number of esters is 1. The third-order valence-electron chi connectivity index (χ3n) is 2.42. The second-order valence-electron chi connectivity index (χ2n) is 3.62. The summed E-state index contributed by atoms with van der Waals surface area (Å²) < 4.78 is 10.0. The number of aryl methyl sites for hydroxylation is 1. The highest BCUT2D eigenvalue weighted by Gasteiger charge is 2.11. The molecular weight excluding hydrogens is 220 g/mol. The van der Waals surface area contributed by atoms with Crippen LogP contribution in [0.2, 0.25) is 0 Å². The van der Waals surface area contributed by atoms with Gasteiger partial charge in [0.25, 0.3) is 0 Å². The van der Waals surface area contributed by atoms with E-state index < -0.39 is 0 Å². The van der Waals surface area contributed by atoms with Gasteiger partial charge in [0.05, 0.1) is 20.1 Å². The fraction of sp³-hybridized carbons (Fsp3) is 0.385. The summed E-state index contributed by atoms with van der Waals surface area (Å²) in [6, 6.07) is 3.41. The van der Waals surface area contributed by atoms with E-state index in [1.807, 2.05) is 6.92 Å². The maximum absolute atomic E-state index is 11.4.